The number of carbonyl (C=O) groups excluding carboxylic acids is 1. The lowest BCUT2D eigenvalue weighted by atomic mass is 9.98. The van der Waals surface area contributed by atoms with Crippen molar-refractivity contribution < 1.29 is 19.4 Å². The lowest BCUT2D eigenvalue weighted by Crippen LogP contribution is -2.53. The molecule has 1 aliphatic rings. The number of carboxylic acids is 1. The zero-order chi connectivity index (χ0) is 15.6. The number of nitrogens with one attached hydrogen (secondary N) is 1. The maximum Gasteiger partial charge on any atom is 0.329 e. The Morgan fingerprint density at radius 3 is 2.86 bits per heavy atom. The van der Waals surface area contributed by atoms with Gasteiger partial charge in [-0.25, -0.2) is 4.79 Å². The monoisotopic (exact) mass is 305 g/mol. The van der Waals surface area contributed by atoms with Gasteiger partial charge in [0.25, 0.3) is 5.91 Å². The molecule has 1 fully saturated rings. The van der Waals surface area contributed by atoms with Gasteiger partial charge in [0.1, 0.15) is 11.9 Å². The molecule has 0 aromatic carbocycles. The van der Waals surface area contributed by atoms with E-state index >= 15 is 0 Å². The Hall–Kier alpha value is -2.71. The molecular formula is C13H15N5O4. The number of aromatic nitrogens is 4. The number of aliphatic carboxylic acids is 1. The van der Waals surface area contributed by atoms with Crippen LogP contribution in [0.1, 0.15) is 25.7 Å². The summed E-state index contributed by atoms with van der Waals surface area (Å²) in [6.45, 7) is -0.296. The molecule has 2 heterocycles. The van der Waals surface area contributed by atoms with Gasteiger partial charge < -0.3 is 15.2 Å². The molecule has 1 amide bonds. The third-order valence-electron chi connectivity index (χ3n) is 3.73. The molecule has 22 heavy (non-hydrogen) atoms. The molecule has 1 aliphatic carbocycles. The molecule has 0 aliphatic heterocycles. The molecule has 1 saturated carbocycles. The zero-order valence-corrected chi connectivity index (χ0v) is 11.7. The summed E-state index contributed by atoms with van der Waals surface area (Å²) in [4.78, 5) is 23.3. The van der Waals surface area contributed by atoms with Crippen molar-refractivity contribution in [3.63, 3.8) is 0 Å². The van der Waals surface area contributed by atoms with Crippen molar-refractivity contribution in [3.05, 3.63) is 18.5 Å². The predicted octanol–water partition coefficient (Wildman–Crippen LogP) is 0.0167. The number of nitrogens with zero attached hydrogens (tertiary/aromatic N) is 4. The Bertz CT molecular complexity index is 707. The lowest BCUT2D eigenvalue weighted by molar-refractivity contribution is -0.147. The molecule has 3 rings (SSSR count). The minimum Gasteiger partial charge on any atom is -0.480 e. The van der Waals surface area contributed by atoms with Gasteiger partial charge in [0, 0.05) is 6.07 Å². The van der Waals surface area contributed by atoms with Crippen molar-refractivity contribution in [1.82, 2.24) is 25.1 Å². The van der Waals surface area contributed by atoms with Crippen molar-refractivity contribution in [2.45, 2.75) is 31.2 Å². The standard InChI is InChI=1S/C13H15N5O4/c19-10(15-13(12(20)21)5-1-2-6-13)7-22-11-4-3-9-16-14-8-18(9)17-11/h3-4,8H,1-2,5-7H2,(H,15,19)(H,20,21). The van der Waals surface area contributed by atoms with E-state index < -0.39 is 17.4 Å². The Labute approximate surface area is 125 Å². The van der Waals surface area contributed by atoms with Crippen molar-refractivity contribution in [3.8, 4) is 5.88 Å². The highest BCUT2D eigenvalue weighted by atomic mass is 16.5. The van der Waals surface area contributed by atoms with Gasteiger partial charge in [0.05, 0.1) is 0 Å². The van der Waals surface area contributed by atoms with E-state index in [1.165, 1.54) is 10.8 Å². The van der Waals surface area contributed by atoms with Crippen LogP contribution in [0.15, 0.2) is 18.5 Å². The summed E-state index contributed by atoms with van der Waals surface area (Å²) in [6.07, 6.45) is 3.89. The van der Waals surface area contributed by atoms with Crippen molar-refractivity contribution in [2.24, 2.45) is 0 Å². The fourth-order valence-electron chi connectivity index (χ4n) is 2.60. The number of carboxylic acid groups (broad SMARTS) is 1. The minimum absolute atomic E-state index is 0.234. The average molecular weight is 305 g/mol. The highest BCUT2D eigenvalue weighted by Gasteiger charge is 2.42. The molecule has 2 N–H and O–H groups in total. The molecule has 0 atom stereocenters. The third-order valence-corrected chi connectivity index (χ3v) is 3.73. The van der Waals surface area contributed by atoms with Gasteiger partial charge in [-0.3, -0.25) is 4.79 Å². The van der Waals surface area contributed by atoms with Crippen LogP contribution in [-0.4, -0.2) is 48.9 Å². The topological polar surface area (TPSA) is 119 Å². The van der Waals surface area contributed by atoms with Crippen LogP contribution >= 0.6 is 0 Å². The van der Waals surface area contributed by atoms with E-state index in [1.807, 2.05) is 0 Å². The van der Waals surface area contributed by atoms with Crippen molar-refractivity contribution in [1.29, 1.82) is 0 Å². The second-order valence-corrected chi connectivity index (χ2v) is 5.24. The van der Waals surface area contributed by atoms with Gasteiger partial charge >= 0.3 is 5.97 Å². The molecule has 9 nitrogen and oxygen atoms in total. The smallest absolute Gasteiger partial charge is 0.329 e. The van der Waals surface area contributed by atoms with Crippen LogP contribution in [0, 0.1) is 0 Å². The largest absolute Gasteiger partial charge is 0.480 e. The summed E-state index contributed by atoms with van der Waals surface area (Å²) in [5.41, 5.74) is -0.598. The molecule has 0 unspecified atom stereocenters. The molecular weight excluding hydrogens is 290 g/mol. The Morgan fingerprint density at radius 1 is 1.36 bits per heavy atom. The van der Waals surface area contributed by atoms with Crippen LogP contribution in [0.25, 0.3) is 5.65 Å². The maximum absolute atomic E-state index is 11.9. The Morgan fingerprint density at radius 2 is 2.14 bits per heavy atom. The first-order valence-corrected chi connectivity index (χ1v) is 6.93. The normalized spacial score (nSPS) is 16.5. The van der Waals surface area contributed by atoms with Crippen LogP contribution < -0.4 is 10.1 Å². The highest BCUT2D eigenvalue weighted by Crippen LogP contribution is 2.29. The number of hydrogen-bond acceptors (Lipinski definition) is 6. The number of amides is 1. The van der Waals surface area contributed by atoms with E-state index in [2.05, 4.69) is 20.6 Å². The quantitative estimate of drug-likeness (QED) is 0.799. The highest BCUT2D eigenvalue weighted by molar-refractivity contribution is 5.87. The van der Waals surface area contributed by atoms with Gasteiger partial charge in [-0.1, -0.05) is 12.8 Å². The first kappa shape index (κ1) is 14.2. The predicted molar refractivity (Wildman–Crippen MR) is 73.3 cm³/mol. The van der Waals surface area contributed by atoms with Gasteiger partial charge in [0.2, 0.25) is 5.88 Å². The van der Waals surface area contributed by atoms with Crippen molar-refractivity contribution in [2.75, 3.05) is 6.61 Å². The third kappa shape index (κ3) is 2.69. The Balaban J connectivity index is 1.60. The molecule has 0 bridgehead atoms. The lowest BCUT2D eigenvalue weighted by Gasteiger charge is -2.25. The number of hydrogen-bond donors (Lipinski definition) is 2. The summed E-state index contributed by atoms with van der Waals surface area (Å²) in [7, 11) is 0. The van der Waals surface area contributed by atoms with Gasteiger partial charge in [-0.2, -0.15) is 4.52 Å². The zero-order valence-electron chi connectivity index (χ0n) is 11.7. The van der Waals surface area contributed by atoms with Gasteiger partial charge in [0.15, 0.2) is 12.3 Å². The van der Waals surface area contributed by atoms with Crippen LogP contribution in [0.3, 0.4) is 0 Å². The Kier molecular flexibility index (Phi) is 3.61. The van der Waals surface area contributed by atoms with Crippen LogP contribution in [0.5, 0.6) is 5.88 Å². The summed E-state index contributed by atoms with van der Waals surface area (Å²) >= 11 is 0. The fourth-order valence-corrected chi connectivity index (χ4v) is 2.60. The van der Waals surface area contributed by atoms with Crippen LogP contribution in [-0.2, 0) is 9.59 Å². The average Bonchev–Trinajstić information content (AvgIpc) is 3.14. The van der Waals surface area contributed by atoms with E-state index in [-0.39, 0.29) is 12.5 Å². The van der Waals surface area contributed by atoms with Crippen LogP contribution in [0.2, 0.25) is 0 Å². The van der Waals surface area contributed by atoms with Gasteiger partial charge in [-0.05, 0) is 18.9 Å². The summed E-state index contributed by atoms with van der Waals surface area (Å²) in [5.74, 6) is -1.24. The summed E-state index contributed by atoms with van der Waals surface area (Å²) in [6, 6.07) is 3.22. The molecule has 116 valence electrons. The minimum atomic E-state index is -1.16. The number of carbonyl (C=O) groups is 2. The maximum atomic E-state index is 11.9. The van der Waals surface area contributed by atoms with E-state index in [0.29, 0.717) is 18.5 Å². The second-order valence-electron chi connectivity index (χ2n) is 5.24. The van der Waals surface area contributed by atoms with Gasteiger partial charge in [-0.15, -0.1) is 15.3 Å². The van der Waals surface area contributed by atoms with E-state index in [4.69, 9.17) is 4.74 Å². The fraction of sp³-hybridized carbons (Fsp3) is 0.462. The van der Waals surface area contributed by atoms with Crippen LogP contribution in [0.4, 0.5) is 0 Å². The summed E-state index contributed by atoms with van der Waals surface area (Å²) in [5, 5.41) is 23.4. The molecule has 9 heteroatoms. The number of fused-ring (bicyclic) bond motifs is 1. The van der Waals surface area contributed by atoms with E-state index in [9.17, 15) is 14.7 Å². The molecule has 2 aromatic heterocycles. The molecule has 0 spiro atoms. The molecule has 0 radical (unpaired) electrons. The first-order valence-electron chi connectivity index (χ1n) is 6.93. The van der Waals surface area contributed by atoms with E-state index in [1.54, 1.807) is 12.1 Å². The first-order chi connectivity index (χ1) is 10.6. The molecule has 0 saturated heterocycles. The second kappa shape index (κ2) is 5.58. The summed E-state index contributed by atoms with van der Waals surface area (Å²) < 4.78 is 6.71. The van der Waals surface area contributed by atoms with E-state index in [0.717, 1.165) is 12.8 Å². The SMILES string of the molecule is O=C(COc1ccc2nncn2n1)NC1(C(=O)O)CCCC1. The number of ether oxygens (including phenoxy) is 1. The molecule has 2 aromatic rings. The number of rotatable bonds is 5. The van der Waals surface area contributed by atoms with Crippen molar-refractivity contribution >= 4 is 17.5 Å².